The zero-order chi connectivity index (χ0) is 19.3. The van der Waals surface area contributed by atoms with Gasteiger partial charge >= 0.3 is 12.1 Å². The average Bonchev–Trinajstić information content (AvgIpc) is 2.60. The minimum Gasteiger partial charge on any atom is -0.483 e. The number of para-hydroxylation sites is 1. The van der Waals surface area contributed by atoms with Crippen molar-refractivity contribution in [3.05, 3.63) is 54.1 Å². The Hall–Kier alpha value is -3.03. The lowest BCUT2D eigenvalue weighted by molar-refractivity contribution is -0.167. The summed E-state index contributed by atoms with van der Waals surface area (Å²) in [6, 6.07) is 12.7. The molecule has 5 nitrogen and oxygen atoms in total. The Morgan fingerprint density at radius 3 is 2.27 bits per heavy atom. The maximum Gasteiger partial charge on any atom is 0.471 e. The predicted octanol–water partition coefficient (Wildman–Crippen LogP) is 3.54. The quantitative estimate of drug-likeness (QED) is 0.881. The molecule has 0 aromatic heterocycles. The number of aryl methyl sites for hydroxylation is 1. The number of rotatable bonds is 5. The Labute approximate surface area is 148 Å². The summed E-state index contributed by atoms with van der Waals surface area (Å²) in [6.45, 7) is 1.67. The van der Waals surface area contributed by atoms with E-state index < -0.39 is 12.1 Å². The first kappa shape index (κ1) is 19.3. The summed E-state index contributed by atoms with van der Waals surface area (Å²) in [5.74, 6) is -1.79. The van der Waals surface area contributed by atoms with E-state index in [9.17, 15) is 22.8 Å². The van der Waals surface area contributed by atoms with Crippen LogP contribution in [-0.4, -0.2) is 31.6 Å². The molecule has 2 aromatic carbocycles. The van der Waals surface area contributed by atoms with Crippen LogP contribution >= 0.6 is 0 Å². The molecule has 0 saturated carbocycles. The Balaban J connectivity index is 1.96. The van der Waals surface area contributed by atoms with Gasteiger partial charge in [-0.1, -0.05) is 18.2 Å². The highest BCUT2D eigenvalue weighted by molar-refractivity contribution is 5.96. The van der Waals surface area contributed by atoms with E-state index in [1.54, 1.807) is 17.4 Å². The minimum absolute atomic E-state index is 0.0203. The SMILES string of the molecule is Cc1ccccc1OCC(=O)N(C)c1ccc(NC(=O)C(F)(F)F)cc1. The van der Waals surface area contributed by atoms with E-state index in [0.29, 0.717) is 11.4 Å². The molecule has 2 amide bonds. The van der Waals surface area contributed by atoms with Crippen LogP contribution in [0.2, 0.25) is 0 Å². The molecule has 0 unspecified atom stereocenters. The molecule has 0 atom stereocenters. The van der Waals surface area contributed by atoms with Crippen molar-refractivity contribution in [2.24, 2.45) is 0 Å². The summed E-state index contributed by atoms with van der Waals surface area (Å²) < 4.78 is 42.1. The van der Waals surface area contributed by atoms with Gasteiger partial charge < -0.3 is 15.0 Å². The van der Waals surface area contributed by atoms with Gasteiger partial charge in [-0.2, -0.15) is 13.2 Å². The third-order valence-electron chi connectivity index (χ3n) is 3.59. The van der Waals surface area contributed by atoms with Crippen LogP contribution in [0.15, 0.2) is 48.5 Å². The second-order valence-corrected chi connectivity index (χ2v) is 5.51. The number of nitrogens with one attached hydrogen (secondary N) is 1. The number of alkyl halides is 3. The van der Waals surface area contributed by atoms with Gasteiger partial charge in [-0.25, -0.2) is 0 Å². The number of ether oxygens (including phenoxy) is 1. The maximum atomic E-state index is 12.2. The first-order valence-corrected chi connectivity index (χ1v) is 7.61. The zero-order valence-corrected chi connectivity index (χ0v) is 14.1. The molecule has 138 valence electrons. The van der Waals surface area contributed by atoms with E-state index in [1.165, 1.54) is 36.2 Å². The van der Waals surface area contributed by atoms with Crippen LogP contribution in [0.1, 0.15) is 5.56 Å². The van der Waals surface area contributed by atoms with Crippen molar-refractivity contribution in [1.29, 1.82) is 0 Å². The molecular weight excluding hydrogens is 349 g/mol. The van der Waals surface area contributed by atoms with Gasteiger partial charge in [0.1, 0.15) is 5.75 Å². The van der Waals surface area contributed by atoms with Crippen molar-refractivity contribution in [1.82, 2.24) is 0 Å². The zero-order valence-electron chi connectivity index (χ0n) is 14.1. The number of likely N-dealkylation sites (N-methyl/N-ethyl adjacent to an activating group) is 1. The molecule has 0 bridgehead atoms. The van der Waals surface area contributed by atoms with E-state index in [2.05, 4.69) is 0 Å². The maximum absolute atomic E-state index is 12.2. The van der Waals surface area contributed by atoms with E-state index in [4.69, 9.17) is 4.74 Å². The van der Waals surface area contributed by atoms with Crippen molar-refractivity contribution < 1.29 is 27.5 Å². The van der Waals surface area contributed by atoms with Gasteiger partial charge in [0.25, 0.3) is 5.91 Å². The summed E-state index contributed by atoms with van der Waals surface area (Å²) in [7, 11) is 1.52. The Morgan fingerprint density at radius 1 is 1.08 bits per heavy atom. The van der Waals surface area contributed by atoms with Crippen LogP contribution in [0, 0.1) is 6.92 Å². The molecule has 0 spiro atoms. The summed E-state index contributed by atoms with van der Waals surface area (Å²) in [5.41, 5.74) is 1.33. The van der Waals surface area contributed by atoms with E-state index in [1.807, 2.05) is 19.1 Å². The van der Waals surface area contributed by atoms with Crippen LogP contribution in [0.4, 0.5) is 24.5 Å². The normalized spacial score (nSPS) is 11.0. The number of hydrogen-bond donors (Lipinski definition) is 1. The molecule has 0 aliphatic carbocycles. The fourth-order valence-electron chi connectivity index (χ4n) is 2.07. The molecule has 26 heavy (non-hydrogen) atoms. The summed E-state index contributed by atoms with van der Waals surface area (Å²) >= 11 is 0. The average molecular weight is 366 g/mol. The molecule has 0 saturated heterocycles. The minimum atomic E-state index is -4.96. The van der Waals surface area contributed by atoms with Crippen LogP contribution in [-0.2, 0) is 9.59 Å². The second-order valence-electron chi connectivity index (χ2n) is 5.51. The van der Waals surface area contributed by atoms with Gasteiger partial charge in [0.05, 0.1) is 0 Å². The molecule has 0 heterocycles. The molecule has 2 aromatic rings. The molecule has 8 heteroatoms. The predicted molar refractivity (Wildman–Crippen MR) is 91.2 cm³/mol. The third kappa shape index (κ3) is 4.98. The van der Waals surface area contributed by atoms with Gasteiger partial charge in [-0.15, -0.1) is 0 Å². The summed E-state index contributed by atoms with van der Waals surface area (Å²) in [5, 5.41) is 1.74. The molecule has 1 N–H and O–H groups in total. The molecule has 0 aliphatic rings. The van der Waals surface area contributed by atoms with Crippen molar-refractivity contribution in [3.63, 3.8) is 0 Å². The van der Waals surface area contributed by atoms with Crippen LogP contribution in [0.3, 0.4) is 0 Å². The summed E-state index contributed by atoms with van der Waals surface area (Å²) in [6.07, 6.45) is -4.96. The number of benzene rings is 2. The largest absolute Gasteiger partial charge is 0.483 e. The number of amides is 2. The standard InChI is InChI=1S/C18H17F3N2O3/c1-12-5-3-4-6-15(12)26-11-16(24)23(2)14-9-7-13(8-10-14)22-17(25)18(19,20)21/h3-10H,11H2,1-2H3,(H,22,25). The lowest BCUT2D eigenvalue weighted by atomic mass is 10.2. The third-order valence-corrected chi connectivity index (χ3v) is 3.59. The van der Waals surface area contributed by atoms with Gasteiger partial charge in [0.15, 0.2) is 6.61 Å². The van der Waals surface area contributed by atoms with Crippen molar-refractivity contribution in [2.75, 3.05) is 23.9 Å². The number of nitrogens with zero attached hydrogens (tertiary/aromatic N) is 1. The molecule has 0 aliphatic heterocycles. The molecular formula is C18H17F3N2O3. The second kappa shape index (κ2) is 7.90. The number of halogens is 3. The van der Waals surface area contributed by atoms with Gasteiger partial charge in [-0.3, -0.25) is 9.59 Å². The highest BCUT2D eigenvalue weighted by Crippen LogP contribution is 2.21. The van der Waals surface area contributed by atoms with Crippen molar-refractivity contribution in [2.45, 2.75) is 13.1 Å². The van der Waals surface area contributed by atoms with Crippen molar-refractivity contribution in [3.8, 4) is 5.75 Å². The number of carbonyl (C=O) groups is 2. The lowest BCUT2D eigenvalue weighted by Gasteiger charge is -2.18. The molecule has 0 radical (unpaired) electrons. The topological polar surface area (TPSA) is 58.6 Å². The van der Waals surface area contributed by atoms with Gasteiger partial charge in [0, 0.05) is 18.4 Å². The first-order chi connectivity index (χ1) is 12.2. The van der Waals surface area contributed by atoms with Gasteiger partial charge in [-0.05, 0) is 42.8 Å². The molecule has 0 fully saturated rings. The van der Waals surface area contributed by atoms with Crippen LogP contribution in [0.25, 0.3) is 0 Å². The Kier molecular flexibility index (Phi) is 5.86. The monoisotopic (exact) mass is 366 g/mol. The smallest absolute Gasteiger partial charge is 0.471 e. The van der Waals surface area contributed by atoms with E-state index in [0.717, 1.165) is 5.56 Å². The number of anilines is 2. The first-order valence-electron chi connectivity index (χ1n) is 7.61. The van der Waals surface area contributed by atoms with E-state index >= 15 is 0 Å². The van der Waals surface area contributed by atoms with E-state index in [-0.39, 0.29) is 18.2 Å². The lowest BCUT2D eigenvalue weighted by Crippen LogP contribution is -2.31. The van der Waals surface area contributed by atoms with Gasteiger partial charge in [0.2, 0.25) is 0 Å². The number of carbonyl (C=O) groups excluding carboxylic acids is 2. The van der Waals surface area contributed by atoms with Crippen LogP contribution in [0.5, 0.6) is 5.75 Å². The Bertz CT molecular complexity index is 789. The fourth-order valence-corrected chi connectivity index (χ4v) is 2.07. The summed E-state index contributed by atoms with van der Waals surface area (Å²) in [4.78, 5) is 24.4. The van der Waals surface area contributed by atoms with Crippen LogP contribution < -0.4 is 15.0 Å². The number of hydrogen-bond acceptors (Lipinski definition) is 3. The fraction of sp³-hybridized carbons (Fsp3) is 0.222. The highest BCUT2D eigenvalue weighted by Gasteiger charge is 2.38. The highest BCUT2D eigenvalue weighted by atomic mass is 19.4. The molecule has 2 rings (SSSR count). The Morgan fingerprint density at radius 2 is 1.69 bits per heavy atom. The van der Waals surface area contributed by atoms with Crippen molar-refractivity contribution >= 4 is 23.2 Å².